The number of aryl methyl sites for hydroxylation is 1. The molecule has 1 unspecified atom stereocenters. The lowest BCUT2D eigenvalue weighted by Crippen LogP contribution is -2.50. The molecule has 29 heavy (non-hydrogen) atoms. The molecule has 2 atom stereocenters. The molecule has 1 aromatic carbocycles. The molecule has 2 bridgehead atoms. The maximum Gasteiger partial charge on any atom is 0.260 e. The van der Waals surface area contributed by atoms with E-state index in [-0.39, 0.29) is 30.7 Å². The van der Waals surface area contributed by atoms with E-state index < -0.39 is 10.0 Å². The standard InChI is InChI=1S/C21H30N2O5S/c1-14-3-8-20-17(11-14)15-4-6-16(7-5-15)27-12-19-18(22-29(2,25)26)9-10-23(19)21(24)13-28-20/h3,8,11,15-16,18-19,22H,4-7,9-10,12-13H2,1-2H3/t15?,16?,18-,19?/m0/s1. The molecule has 3 aliphatic heterocycles. The summed E-state index contributed by atoms with van der Waals surface area (Å²) in [5.74, 6) is 1.07. The smallest absolute Gasteiger partial charge is 0.260 e. The second kappa shape index (κ2) is 8.24. The van der Waals surface area contributed by atoms with Crippen LogP contribution in [0.5, 0.6) is 5.75 Å². The zero-order valence-corrected chi connectivity index (χ0v) is 17.9. The molecule has 1 amide bonds. The molecular weight excluding hydrogens is 392 g/mol. The SMILES string of the molecule is Cc1ccc2c(c1)C1CCC(CC1)OCC1[C@@H](NS(C)(=O)=O)CCN1C(=O)CO2. The molecule has 3 heterocycles. The Kier molecular flexibility index (Phi) is 5.86. The van der Waals surface area contributed by atoms with Gasteiger partial charge in [-0.3, -0.25) is 4.79 Å². The van der Waals surface area contributed by atoms with E-state index in [1.165, 1.54) is 11.1 Å². The summed E-state index contributed by atoms with van der Waals surface area (Å²) in [4.78, 5) is 14.7. The van der Waals surface area contributed by atoms with Crippen LogP contribution in [0.15, 0.2) is 18.2 Å². The van der Waals surface area contributed by atoms with Crippen molar-refractivity contribution in [2.45, 2.75) is 63.1 Å². The van der Waals surface area contributed by atoms with E-state index in [9.17, 15) is 13.2 Å². The Morgan fingerprint density at radius 1 is 1.14 bits per heavy atom. The highest BCUT2D eigenvalue weighted by atomic mass is 32.2. The van der Waals surface area contributed by atoms with Crippen LogP contribution in [0.25, 0.3) is 0 Å². The molecule has 1 aliphatic carbocycles. The van der Waals surface area contributed by atoms with Gasteiger partial charge < -0.3 is 14.4 Å². The van der Waals surface area contributed by atoms with Crippen molar-refractivity contribution in [2.75, 3.05) is 26.0 Å². The molecule has 1 saturated heterocycles. The van der Waals surface area contributed by atoms with Gasteiger partial charge in [-0.05, 0) is 56.6 Å². The first kappa shape index (κ1) is 20.6. The van der Waals surface area contributed by atoms with E-state index in [0.29, 0.717) is 25.5 Å². The fourth-order valence-electron chi connectivity index (χ4n) is 4.90. The molecule has 1 saturated carbocycles. The number of hydrogen-bond donors (Lipinski definition) is 1. The van der Waals surface area contributed by atoms with Crippen LogP contribution in [0.3, 0.4) is 0 Å². The van der Waals surface area contributed by atoms with Crippen molar-refractivity contribution < 1.29 is 22.7 Å². The summed E-state index contributed by atoms with van der Waals surface area (Å²) in [6.07, 6.45) is 5.86. The van der Waals surface area contributed by atoms with Crippen LogP contribution < -0.4 is 9.46 Å². The zero-order valence-electron chi connectivity index (χ0n) is 17.1. The van der Waals surface area contributed by atoms with Crippen molar-refractivity contribution in [1.29, 1.82) is 0 Å². The molecule has 0 radical (unpaired) electrons. The number of ether oxygens (including phenoxy) is 2. The summed E-state index contributed by atoms with van der Waals surface area (Å²) in [5, 5.41) is 0. The van der Waals surface area contributed by atoms with Gasteiger partial charge in [0.05, 0.1) is 25.0 Å². The monoisotopic (exact) mass is 422 g/mol. The maximum absolute atomic E-state index is 12.9. The molecular formula is C21H30N2O5S. The maximum atomic E-state index is 12.9. The van der Waals surface area contributed by atoms with Crippen molar-refractivity contribution in [1.82, 2.24) is 9.62 Å². The first-order valence-corrected chi connectivity index (χ1v) is 12.3. The van der Waals surface area contributed by atoms with E-state index in [4.69, 9.17) is 9.47 Å². The summed E-state index contributed by atoms with van der Waals surface area (Å²) in [6.45, 7) is 2.87. The minimum atomic E-state index is -3.36. The van der Waals surface area contributed by atoms with E-state index in [0.717, 1.165) is 37.7 Å². The molecule has 0 aromatic heterocycles. The van der Waals surface area contributed by atoms with Crippen LogP contribution >= 0.6 is 0 Å². The summed E-state index contributed by atoms with van der Waals surface area (Å²) in [5.41, 5.74) is 2.38. The van der Waals surface area contributed by atoms with Gasteiger partial charge in [0, 0.05) is 12.6 Å². The summed E-state index contributed by atoms with van der Waals surface area (Å²) >= 11 is 0. The highest BCUT2D eigenvalue weighted by Gasteiger charge is 2.39. The van der Waals surface area contributed by atoms with Crippen molar-refractivity contribution in [3.8, 4) is 5.75 Å². The third kappa shape index (κ3) is 4.75. The lowest BCUT2D eigenvalue weighted by molar-refractivity contribution is -0.136. The number of benzene rings is 1. The summed E-state index contributed by atoms with van der Waals surface area (Å²) < 4.78 is 38.4. The first-order chi connectivity index (χ1) is 13.8. The number of hydrogen-bond acceptors (Lipinski definition) is 5. The number of nitrogens with zero attached hydrogens (tertiary/aromatic N) is 1. The Morgan fingerprint density at radius 3 is 2.62 bits per heavy atom. The van der Waals surface area contributed by atoms with Crippen LogP contribution in [0.1, 0.15) is 49.1 Å². The highest BCUT2D eigenvalue weighted by molar-refractivity contribution is 7.88. The lowest BCUT2D eigenvalue weighted by Gasteiger charge is -2.32. The van der Waals surface area contributed by atoms with Gasteiger partial charge in [0.25, 0.3) is 5.91 Å². The zero-order chi connectivity index (χ0) is 20.6. The van der Waals surface area contributed by atoms with E-state index in [1.54, 1.807) is 4.90 Å². The van der Waals surface area contributed by atoms with Crippen molar-refractivity contribution in [3.05, 3.63) is 29.3 Å². The number of carbonyl (C=O) groups is 1. The van der Waals surface area contributed by atoms with Crippen molar-refractivity contribution in [2.24, 2.45) is 0 Å². The molecule has 1 N–H and O–H groups in total. The lowest BCUT2D eigenvalue weighted by atomic mass is 9.82. The Balaban J connectivity index is 1.60. The topological polar surface area (TPSA) is 84.9 Å². The number of rotatable bonds is 2. The fraction of sp³-hybridized carbons (Fsp3) is 0.667. The van der Waals surface area contributed by atoms with Gasteiger partial charge in [-0.2, -0.15) is 0 Å². The molecule has 4 aliphatic rings. The predicted molar refractivity (Wildman–Crippen MR) is 110 cm³/mol. The van der Waals surface area contributed by atoms with Crippen LogP contribution in [-0.2, 0) is 19.6 Å². The van der Waals surface area contributed by atoms with Gasteiger partial charge in [0.15, 0.2) is 6.61 Å². The number of sulfonamides is 1. The van der Waals surface area contributed by atoms with Crippen LogP contribution in [-0.4, -0.2) is 63.4 Å². The average Bonchev–Trinajstić information content (AvgIpc) is 3.06. The second-order valence-corrected chi connectivity index (χ2v) is 10.4. The van der Waals surface area contributed by atoms with Gasteiger partial charge >= 0.3 is 0 Å². The van der Waals surface area contributed by atoms with Gasteiger partial charge in [-0.25, -0.2) is 13.1 Å². The second-order valence-electron chi connectivity index (χ2n) is 8.58. The van der Waals surface area contributed by atoms with E-state index in [1.807, 2.05) is 12.1 Å². The number of amides is 1. The van der Waals surface area contributed by atoms with Gasteiger partial charge in [-0.1, -0.05) is 17.7 Å². The normalized spacial score (nSPS) is 30.6. The Labute approximate surface area is 172 Å². The Bertz CT molecular complexity index is 864. The minimum absolute atomic E-state index is 0.0473. The molecule has 8 heteroatoms. The van der Waals surface area contributed by atoms with Crippen LogP contribution in [0, 0.1) is 6.92 Å². The minimum Gasteiger partial charge on any atom is -0.483 e. The summed E-state index contributed by atoms with van der Waals surface area (Å²) in [7, 11) is -3.36. The molecule has 1 aromatic rings. The van der Waals surface area contributed by atoms with Crippen molar-refractivity contribution in [3.63, 3.8) is 0 Å². The first-order valence-electron chi connectivity index (χ1n) is 10.4. The Morgan fingerprint density at radius 2 is 1.90 bits per heavy atom. The van der Waals surface area contributed by atoms with Gasteiger partial charge in [0.1, 0.15) is 5.75 Å². The highest BCUT2D eigenvalue weighted by Crippen LogP contribution is 2.39. The summed E-state index contributed by atoms with van der Waals surface area (Å²) in [6, 6.07) is 5.52. The molecule has 2 fully saturated rings. The van der Waals surface area contributed by atoms with E-state index >= 15 is 0 Å². The third-order valence-electron chi connectivity index (χ3n) is 6.36. The van der Waals surface area contributed by atoms with Crippen LogP contribution in [0.4, 0.5) is 0 Å². The Hall–Kier alpha value is -1.64. The fourth-order valence-corrected chi connectivity index (χ4v) is 5.72. The molecule has 160 valence electrons. The number of carbonyl (C=O) groups excluding carboxylic acids is 1. The van der Waals surface area contributed by atoms with Crippen molar-refractivity contribution >= 4 is 15.9 Å². The average molecular weight is 423 g/mol. The van der Waals surface area contributed by atoms with Gasteiger partial charge in [0.2, 0.25) is 10.0 Å². The third-order valence-corrected chi connectivity index (χ3v) is 7.10. The largest absolute Gasteiger partial charge is 0.483 e. The predicted octanol–water partition coefficient (Wildman–Crippen LogP) is 1.95. The number of nitrogens with one attached hydrogen (secondary N) is 1. The molecule has 0 spiro atoms. The quantitative estimate of drug-likeness (QED) is 0.787. The van der Waals surface area contributed by atoms with Gasteiger partial charge in [-0.15, -0.1) is 0 Å². The van der Waals surface area contributed by atoms with Crippen LogP contribution in [0.2, 0.25) is 0 Å². The molecule has 5 rings (SSSR count). The number of fused-ring (bicyclic) bond motifs is 5. The molecule has 7 nitrogen and oxygen atoms in total. The van der Waals surface area contributed by atoms with E-state index in [2.05, 4.69) is 17.7 Å².